The van der Waals surface area contributed by atoms with E-state index in [4.69, 9.17) is 0 Å². The minimum absolute atomic E-state index is 0.0321. The SMILES string of the molecule is O=C(Nc1ccc(C(F)(F)F)cc1)N1CCC([C@H](O)CC2c3ccccc3-c3cncn32)CC1. The molecule has 9 heteroatoms. The molecule has 1 fully saturated rings. The zero-order chi connectivity index (χ0) is 23.9. The Bertz CT molecular complexity index is 1170. The average Bonchev–Trinajstić information content (AvgIpc) is 3.41. The molecule has 34 heavy (non-hydrogen) atoms. The fraction of sp³-hybridized carbons (Fsp3) is 0.360. The largest absolute Gasteiger partial charge is 0.416 e. The number of aliphatic hydroxyl groups excluding tert-OH is 1. The number of hydrogen-bond donors (Lipinski definition) is 2. The van der Waals surface area contributed by atoms with E-state index in [1.165, 1.54) is 17.7 Å². The molecule has 5 rings (SSSR count). The van der Waals surface area contributed by atoms with Gasteiger partial charge in [-0.05, 0) is 55.0 Å². The van der Waals surface area contributed by atoms with E-state index < -0.39 is 17.8 Å². The van der Waals surface area contributed by atoms with Gasteiger partial charge in [0.05, 0.1) is 35.9 Å². The van der Waals surface area contributed by atoms with Gasteiger partial charge in [-0.2, -0.15) is 13.2 Å². The molecule has 0 saturated carbocycles. The van der Waals surface area contributed by atoms with Gasteiger partial charge in [0, 0.05) is 24.3 Å². The quantitative estimate of drug-likeness (QED) is 0.553. The number of aromatic nitrogens is 2. The lowest BCUT2D eigenvalue weighted by Gasteiger charge is -2.35. The van der Waals surface area contributed by atoms with Crippen LogP contribution in [0.15, 0.2) is 61.1 Å². The Labute approximate surface area is 195 Å². The second kappa shape index (κ2) is 8.79. The first kappa shape index (κ1) is 22.5. The average molecular weight is 470 g/mol. The van der Waals surface area contributed by atoms with E-state index in [1.807, 2.05) is 18.3 Å². The number of carbonyl (C=O) groups excluding carboxylic acids is 1. The number of alkyl halides is 3. The number of urea groups is 1. The van der Waals surface area contributed by atoms with Crippen LogP contribution in [-0.4, -0.2) is 44.8 Å². The van der Waals surface area contributed by atoms with Crippen molar-refractivity contribution in [3.63, 3.8) is 0 Å². The van der Waals surface area contributed by atoms with Crippen molar-refractivity contribution in [1.29, 1.82) is 0 Å². The maximum atomic E-state index is 12.7. The zero-order valence-electron chi connectivity index (χ0n) is 18.4. The number of hydrogen-bond acceptors (Lipinski definition) is 3. The monoisotopic (exact) mass is 470 g/mol. The number of likely N-dealkylation sites (tertiary alicyclic amines) is 1. The summed E-state index contributed by atoms with van der Waals surface area (Å²) >= 11 is 0. The number of imidazole rings is 1. The van der Waals surface area contributed by atoms with Crippen LogP contribution in [0.4, 0.5) is 23.7 Å². The van der Waals surface area contributed by atoms with Crippen molar-refractivity contribution in [2.24, 2.45) is 5.92 Å². The Morgan fingerprint density at radius 3 is 2.53 bits per heavy atom. The molecule has 1 aromatic heterocycles. The number of piperidine rings is 1. The molecule has 1 saturated heterocycles. The lowest BCUT2D eigenvalue weighted by atomic mass is 9.86. The molecule has 1 unspecified atom stereocenters. The van der Waals surface area contributed by atoms with Crippen molar-refractivity contribution in [3.8, 4) is 11.3 Å². The predicted octanol–water partition coefficient (Wildman–Crippen LogP) is 5.17. The lowest BCUT2D eigenvalue weighted by Crippen LogP contribution is -2.43. The first-order valence-corrected chi connectivity index (χ1v) is 11.3. The van der Waals surface area contributed by atoms with Crippen LogP contribution in [0.2, 0.25) is 0 Å². The van der Waals surface area contributed by atoms with Gasteiger partial charge < -0.3 is 19.9 Å². The van der Waals surface area contributed by atoms with Crippen LogP contribution in [0.3, 0.4) is 0 Å². The number of nitrogens with zero attached hydrogens (tertiary/aromatic N) is 3. The molecule has 2 N–H and O–H groups in total. The van der Waals surface area contributed by atoms with Gasteiger partial charge in [-0.1, -0.05) is 24.3 Å². The number of fused-ring (bicyclic) bond motifs is 3. The summed E-state index contributed by atoms with van der Waals surface area (Å²) < 4.78 is 40.2. The second-order valence-electron chi connectivity index (χ2n) is 8.92. The van der Waals surface area contributed by atoms with E-state index in [1.54, 1.807) is 11.2 Å². The maximum Gasteiger partial charge on any atom is 0.416 e. The van der Waals surface area contributed by atoms with Crippen LogP contribution < -0.4 is 5.32 Å². The molecule has 0 bridgehead atoms. The Hall–Kier alpha value is -3.33. The molecular weight excluding hydrogens is 445 g/mol. The highest BCUT2D eigenvalue weighted by molar-refractivity contribution is 5.89. The molecule has 3 aromatic rings. The summed E-state index contributed by atoms with van der Waals surface area (Å²) in [6, 6.07) is 12.3. The van der Waals surface area contributed by atoms with E-state index >= 15 is 0 Å². The van der Waals surface area contributed by atoms with E-state index in [0.717, 1.165) is 23.4 Å². The van der Waals surface area contributed by atoms with Crippen molar-refractivity contribution in [2.75, 3.05) is 18.4 Å². The standard InChI is InChI=1S/C25H25F3N4O2/c26-25(27,28)17-5-7-18(8-6-17)30-24(34)31-11-9-16(10-12-31)23(33)13-21-19-3-1-2-4-20(19)22-14-29-15-32(21)22/h1-8,14-16,21,23,33H,9-13H2,(H,30,34)/t21?,23-/m1/s1. The molecule has 2 aromatic carbocycles. The third kappa shape index (κ3) is 4.27. The van der Waals surface area contributed by atoms with Crippen molar-refractivity contribution in [2.45, 2.75) is 37.6 Å². The maximum absolute atomic E-state index is 12.7. The van der Waals surface area contributed by atoms with Crippen LogP contribution >= 0.6 is 0 Å². The van der Waals surface area contributed by atoms with Crippen LogP contribution in [0.25, 0.3) is 11.3 Å². The van der Waals surface area contributed by atoms with Gasteiger partial charge in [-0.25, -0.2) is 9.78 Å². The first-order valence-electron chi connectivity index (χ1n) is 11.3. The van der Waals surface area contributed by atoms with Crippen LogP contribution in [0, 0.1) is 5.92 Å². The topological polar surface area (TPSA) is 70.4 Å². The van der Waals surface area contributed by atoms with Gasteiger partial charge >= 0.3 is 12.2 Å². The summed E-state index contributed by atoms with van der Waals surface area (Å²) in [7, 11) is 0. The number of anilines is 1. The predicted molar refractivity (Wildman–Crippen MR) is 121 cm³/mol. The van der Waals surface area contributed by atoms with Crippen LogP contribution in [0.5, 0.6) is 0 Å². The fourth-order valence-corrected chi connectivity index (χ4v) is 5.03. The van der Waals surface area contributed by atoms with Gasteiger partial charge in [0.15, 0.2) is 0 Å². The Balaban J connectivity index is 1.16. The summed E-state index contributed by atoms with van der Waals surface area (Å²) in [6.45, 7) is 0.956. The van der Waals surface area contributed by atoms with Gasteiger partial charge in [0.1, 0.15) is 0 Å². The molecule has 0 aliphatic carbocycles. The third-order valence-electron chi connectivity index (χ3n) is 6.90. The van der Waals surface area contributed by atoms with E-state index in [2.05, 4.69) is 27.0 Å². The highest BCUT2D eigenvalue weighted by Crippen LogP contribution is 2.42. The number of benzene rings is 2. The molecule has 2 atom stereocenters. The minimum Gasteiger partial charge on any atom is -0.393 e. The van der Waals surface area contributed by atoms with Crippen molar-refractivity contribution in [3.05, 3.63) is 72.2 Å². The van der Waals surface area contributed by atoms with Gasteiger partial charge in [0.25, 0.3) is 0 Å². The minimum atomic E-state index is -4.41. The number of carbonyl (C=O) groups is 1. The summed E-state index contributed by atoms with van der Waals surface area (Å²) in [5.74, 6) is 0.0647. The Morgan fingerprint density at radius 1 is 1.12 bits per heavy atom. The normalized spacial score (nSPS) is 18.9. The molecular formula is C25H25F3N4O2. The van der Waals surface area contributed by atoms with Crippen molar-refractivity contribution >= 4 is 11.7 Å². The fourth-order valence-electron chi connectivity index (χ4n) is 5.03. The molecule has 2 amide bonds. The molecule has 6 nitrogen and oxygen atoms in total. The molecule has 3 heterocycles. The Morgan fingerprint density at radius 2 is 1.82 bits per heavy atom. The summed E-state index contributed by atoms with van der Waals surface area (Å²) in [5, 5.41) is 13.7. The zero-order valence-corrected chi connectivity index (χ0v) is 18.4. The van der Waals surface area contributed by atoms with E-state index in [9.17, 15) is 23.1 Å². The van der Waals surface area contributed by atoms with Gasteiger partial charge in [0.2, 0.25) is 0 Å². The second-order valence-corrected chi connectivity index (χ2v) is 8.92. The molecule has 0 spiro atoms. The smallest absolute Gasteiger partial charge is 0.393 e. The number of aliphatic hydroxyl groups is 1. The van der Waals surface area contributed by atoms with E-state index in [-0.39, 0.29) is 18.0 Å². The number of halogens is 3. The molecule has 2 aliphatic heterocycles. The van der Waals surface area contributed by atoms with Gasteiger partial charge in [-0.15, -0.1) is 0 Å². The summed E-state index contributed by atoms with van der Waals surface area (Å²) in [5.41, 5.74) is 2.95. The third-order valence-corrected chi connectivity index (χ3v) is 6.90. The molecule has 0 radical (unpaired) electrons. The van der Waals surface area contributed by atoms with E-state index in [0.29, 0.717) is 38.0 Å². The highest BCUT2D eigenvalue weighted by Gasteiger charge is 2.34. The summed E-state index contributed by atoms with van der Waals surface area (Å²) in [4.78, 5) is 18.5. The lowest BCUT2D eigenvalue weighted by molar-refractivity contribution is -0.137. The van der Waals surface area contributed by atoms with Gasteiger partial charge in [-0.3, -0.25) is 0 Å². The van der Waals surface area contributed by atoms with Crippen molar-refractivity contribution < 1.29 is 23.1 Å². The number of nitrogens with one attached hydrogen (secondary N) is 1. The van der Waals surface area contributed by atoms with Crippen LogP contribution in [-0.2, 0) is 6.18 Å². The van der Waals surface area contributed by atoms with Crippen molar-refractivity contribution in [1.82, 2.24) is 14.5 Å². The molecule has 2 aliphatic rings. The highest BCUT2D eigenvalue weighted by atomic mass is 19.4. The number of amides is 2. The first-order chi connectivity index (χ1) is 16.3. The number of rotatable bonds is 4. The molecule has 178 valence electrons. The Kier molecular flexibility index (Phi) is 5.81. The van der Waals surface area contributed by atoms with Crippen LogP contribution in [0.1, 0.15) is 36.4 Å². The summed E-state index contributed by atoms with van der Waals surface area (Å²) in [6.07, 6.45) is 0.611.